The van der Waals surface area contributed by atoms with Gasteiger partial charge in [-0.05, 0) is 55.7 Å². The Balaban J connectivity index is 1.87. The Kier molecular flexibility index (Phi) is 4.34. The van der Waals surface area contributed by atoms with Crippen molar-refractivity contribution in [1.82, 2.24) is 0 Å². The van der Waals surface area contributed by atoms with Crippen molar-refractivity contribution in [1.29, 1.82) is 0 Å². The van der Waals surface area contributed by atoms with E-state index in [4.69, 9.17) is 0 Å². The van der Waals surface area contributed by atoms with Gasteiger partial charge in [0.15, 0.2) is 17.2 Å². The number of halogens is 2. The van der Waals surface area contributed by atoms with Crippen LogP contribution in [0.25, 0.3) is 0 Å². The maximum Gasteiger partial charge on any atom is 0.190 e. The number of aliphatic hydroxyl groups is 3. The van der Waals surface area contributed by atoms with Gasteiger partial charge >= 0.3 is 0 Å². The van der Waals surface area contributed by atoms with Crippen molar-refractivity contribution in [2.75, 3.05) is 6.61 Å². The summed E-state index contributed by atoms with van der Waals surface area (Å²) in [6.07, 6.45) is 0.427. The highest BCUT2D eigenvalue weighted by Gasteiger charge is 2.76. The first kappa shape index (κ1) is 20.8. The topological polar surface area (TPSA) is 94.8 Å². The van der Waals surface area contributed by atoms with Crippen LogP contribution in [0, 0.1) is 28.6 Å². The molecule has 4 aliphatic carbocycles. The van der Waals surface area contributed by atoms with Gasteiger partial charge in [-0.25, -0.2) is 8.78 Å². The molecule has 4 rings (SSSR count). The molecular weight excluding hydrogens is 382 g/mol. The minimum absolute atomic E-state index is 0.0409. The molecule has 160 valence electrons. The SMILES string of the molecule is C[C@@H]1C[C@@H]2[C@H]3C[C@H](F)C4=CC(=O)C=C[C@]4(C)[C@]3(F)[C@@H](O)C[C@]2(C)[C@]1(O)C(=O)CO. The van der Waals surface area contributed by atoms with Crippen LogP contribution < -0.4 is 0 Å². The first-order valence-electron chi connectivity index (χ1n) is 10.2. The van der Waals surface area contributed by atoms with Gasteiger partial charge in [0.1, 0.15) is 18.4 Å². The molecule has 0 spiro atoms. The number of hydrogen-bond acceptors (Lipinski definition) is 5. The first-order valence-corrected chi connectivity index (χ1v) is 10.2. The van der Waals surface area contributed by atoms with E-state index in [9.17, 15) is 24.9 Å². The van der Waals surface area contributed by atoms with Crippen LogP contribution in [0.15, 0.2) is 23.8 Å². The molecule has 7 heteroatoms. The summed E-state index contributed by atoms with van der Waals surface area (Å²) < 4.78 is 32.1. The number of carbonyl (C=O) groups is 2. The van der Waals surface area contributed by atoms with Crippen molar-refractivity contribution < 1.29 is 33.7 Å². The molecule has 3 fully saturated rings. The van der Waals surface area contributed by atoms with Gasteiger partial charge in [-0.1, -0.05) is 19.9 Å². The Morgan fingerprint density at radius 2 is 1.93 bits per heavy atom. The van der Waals surface area contributed by atoms with Gasteiger partial charge in [0, 0.05) is 16.7 Å². The highest BCUT2D eigenvalue weighted by Crippen LogP contribution is 2.70. The summed E-state index contributed by atoms with van der Waals surface area (Å²) in [6.45, 7) is 3.96. The lowest BCUT2D eigenvalue weighted by molar-refractivity contribution is -0.223. The molecule has 0 heterocycles. The van der Waals surface area contributed by atoms with E-state index in [0.717, 1.165) is 6.08 Å². The molecule has 0 radical (unpaired) electrons. The number of rotatable bonds is 2. The van der Waals surface area contributed by atoms with Crippen molar-refractivity contribution >= 4 is 11.6 Å². The van der Waals surface area contributed by atoms with Crippen molar-refractivity contribution in [2.45, 2.75) is 63.6 Å². The van der Waals surface area contributed by atoms with Crippen molar-refractivity contribution in [2.24, 2.45) is 28.6 Å². The van der Waals surface area contributed by atoms with E-state index in [1.807, 2.05) is 0 Å². The number of carbonyl (C=O) groups excluding carboxylic acids is 2. The van der Waals surface area contributed by atoms with Gasteiger partial charge in [0.05, 0.1) is 6.10 Å². The van der Waals surface area contributed by atoms with Gasteiger partial charge in [-0.2, -0.15) is 0 Å². The van der Waals surface area contributed by atoms with E-state index in [1.165, 1.54) is 19.1 Å². The average molecular weight is 410 g/mol. The zero-order valence-corrected chi connectivity index (χ0v) is 16.9. The second-order valence-electron chi connectivity index (χ2n) is 9.84. The van der Waals surface area contributed by atoms with Crippen molar-refractivity contribution in [3.63, 3.8) is 0 Å². The molecule has 0 aromatic heterocycles. The van der Waals surface area contributed by atoms with Crippen molar-refractivity contribution in [3.05, 3.63) is 23.8 Å². The third kappa shape index (κ3) is 2.19. The molecule has 5 nitrogen and oxygen atoms in total. The molecule has 0 aromatic rings. The Morgan fingerprint density at radius 3 is 2.55 bits per heavy atom. The number of alkyl halides is 2. The van der Waals surface area contributed by atoms with Crippen LogP contribution in [0.4, 0.5) is 8.78 Å². The molecule has 0 aromatic carbocycles. The molecule has 0 saturated heterocycles. The summed E-state index contributed by atoms with van der Waals surface area (Å²) in [6, 6.07) is 0. The molecule has 9 atom stereocenters. The Bertz CT molecular complexity index is 839. The highest BCUT2D eigenvalue weighted by atomic mass is 19.1. The van der Waals surface area contributed by atoms with Gasteiger partial charge < -0.3 is 15.3 Å². The van der Waals surface area contributed by atoms with Crippen LogP contribution in [0.5, 0.6) is 0 Å². The van der Waals surface area contributed by atoms with Crippen LogP contribution in [0.1, 0.15) is 40.0 Å². The van der Waals surface area contributed by atoms with E-state index in [2.05, 4.69) is 0 Å². The maximum absolute atomic E-state index is 16.9. The molecular formula is C22H28F2O5. The Hall–Kier alpha value is -1.44. The van der Waals surface area contributed by atoms with Crippen molar-refractivity contribution in [3.8, 4) is 0 Å². The predicted molar refractivity (Wildman–Crippen MR) is 100 cm³/mol. The molecule has 0 amide bonds. The molecule has 0 unspecified atom stereocenters. The van der Waals surface area contributed by atoms with Crippen LogP contribution in [0.2, 0.25) is 0 Å². The van der Waals surface area contributed by atoms with Gasteiger partial charge in [-0.15, -0.1) is 0 Å². The van der Waals surface area contributed by atoms with Gasteiger partial charge in [0.2, 0.25) is 0 Å². The summed E-state index contributed by atoms with van der Waals surface area (Å²) >= 11 is 0. The number of aliphatic hydroxyl groups excluding tert-OH is 2. The molecule has 0 bridgehead atoms. The minimum Gasteiger partial charge on any atom is -0.390 e. The summed E-state index contributed by atoms with van der Waals surface area (Å²) in [7, 11) is 0. The third-order valence-corrected chi connectivity index (χ3v) is 8.78. The molecule has 3 N–H and O–H groups in total. The fourth-order valence-electron chi connectivity index (χ4n) is 7.25. The fraction of sp³-hybridized carbons (Fsp3) is 0.727. The number of hydrogen-bond donors (Lipinski definition) is 3. The summed E-state index contributed by atoms with van der Waals surface area (Å²) in [5, 5.41) is 31.9. The third-order valence-electron chi connectivity index (χ3n) is 8.78. The van der Waals surface area contributed by atoms with Crippen LogP contribution >= 0.6 is 0 Å². The quantitative estimate of drug-likeness (QED) is 0.646. The maximum atomic E-state index is 16.9. The normalized spacial score (nSPS) is 53.7. The lowest BCUT2D eigenvalue weighted by Crippen LogP contribution is -2.70. The lowest BCUT2D eigenvalue weighted by Gasteiger charge is -2.63. The zero-order valence-electron chi connectivity index (χ0n) is 16.9. The van der Waals surface area contributed by atoms with E-state index in [1.54, 1.807) is 13.8 Å². The Labute approximate surface area is 168 Å². The number of fused-ring (bicyclic) bond motifs is 5. The number of allylic oxidation sites excluding steroid dienone is 4. The fourth-order valence-corrected chi connectivity index (χ4v) is 7.25. The van der Waals surface area contributed by atoms with E-state index in [0.29, 0.717) is 0 Å². The number of Topliss-reactive ketones (excluding diaryl/α,β-unsaturated/α-hetero) is 1. The van der Waals surface area contributed by atoms with Gasteiger partial charge in [0.25, 0.3) is 0 Å². The summed E-state index contributed by atoms with van der Waals surface area (Å²) in [5.41, 5.74) is -6.81. The largest absolute Gasteiger partial charge is 0.390 e. The number of ketones is 2. The molecule has 0 aliphatic heterocycles. The molecule has 29 heavy (non-hydrogen) atoms. The zero-order chi connectivity index (χ0) is 21.6. The lowest BCUT2D eigenvalue weighted by atomic mass is 9.44. The first-order chi connectivity index (χ1) is 13.4. The van der Waals surface area contributed by atoms with Gasteiger partial charge in [-0.3, -0.25) is 9.59 Å². The van der Waals surface area contributed by atoms with E-state index >= 15 is 8.78 Å². The monoisotopic (exact) mass is 410 g/mol. The van der Waals surface area contributed by atoms with Crippen LogP contribution in [-0.2, 0) is 9.59 Å². The standard InChI is InChI=1S/C22H28F2O5/c1-11-6-13-14-8-16(23)15-7-12(26)4-5-19(15,2)21(14,24)17(27)9-20(13,3)22(11,29)18(28)10-25/h4-5,7,11,13-14,16-17,25,27,29H,6,8-10H2,1-3H3/t11-,13-,14-,16+,17+,19+,20+,21-,22-/m1/s1. The van der Waals surface area contributed by atoms with E-state index in [-0.39, 0.29) is 24.8 Å². The van der Waals surface area contributed by atoms with Crippen LogP contribution in [-0.4, -0.2) is 57.0 Å². The minimum atomic E-state index is -2.24. The smallest absolute Gasteiger partial charge is 0.190 e. The average Bonchev–Trinajstić information content (AvgIpc) is 2.86. The van der Waals surface area contributed by atoms with Crippen LogP contribution in [0.3, 0.4) is 0 Å². The second-order valence-corrected chi connectivity index (χ2v) is 9.84. The summed E-state index contributed by atoms with van der Waals surface area (Å²) in [5.74, 6) is -3.24. The highest BCUT2D eigenvalue weighted by molar-refractivity contribution is 6.01. The molecule has 3 saturated carbocycles. The molecule has 4 aliphatic rings. The predicted octanol–water partition coefficient (Wildman–Crippen LogP) is 1.84. The second kappa shape index (κ2) is 6.05. The Morgan fingerprint density at radius 1 is 1.28 bits per heavy atom. The van der Waals surface area contributed by atoms with E-state index < -0.39 is 70.3 Å². The summed E-state index contributed by atoms with van der Waals surface area (Å²) in [4.78, 5) is 24.3.